The summed E-state index contributed by atoms with van der Waals surface area (Å²) in [5.41, 5.74) is 5.20. The van der Waals surface area contributed by atoms with Gasteiger partial charge in [0.05, 0.1) is 19.8 Å². The van der Waals surface area contributed by atoms with Crippen molar-refractivity contribution in [3.63, 3.8) is 0 Å². The van der Waals surface area contributed by atoms with Crippen molar-refractivity contribution < 1.29 is 23.7 Å². The van der Waals surface area contributed by atoms with E-state index in [1.807, 2.05) is 39.0 Å². The molecule has 0 radical (unpaired) electrons. The fourth-order valence-corrected chi connectivity index (χ4v) is 4.66. The summed E-state index contributed by atoms with van der Waals surface area (Å²) in [5, 5.41) is 10.1. The van der Waals surface area contributed by atoms with Gasteiger partial charge in [0.25, 0.3) is 0 Å². The molecular formula is C30H36FNO4. The first-order valence-corrected chi connectivity index (χ1v) is 12.8. The van der Waals surface area contributed by atoms with E-state index in [1.165, 1.54) is 17.2 Å². The van der Waals surface area contributed by atoms with Gasteiger partial charge in [0.15, 0.2) is 0 Å². The number of rotatable bonds is 8. The number of ether oxygens (including phenoxy) is 3. The van der Waals surface area contributed by atoms with Crippen LogP contribution in [0.2, 0.25) is 0 Å². The van der Waals surface area contributed by atoms with Gasteiger partial charge in [0.2, 0.25) is 5.88 Å². The van der Waals surface area contributed by atoms with Crippen molar-refractivity contribution in [3.05, 3.63) is 76.7 Å². The summed E-state index contributed by atoms with van der Waals surface area (Å²) in [6.07, 6.45) is 4.42. The minimum atomic E-state index is -0.778. The molecule has 1 aromatic heterocycles. The molecule has 1 atom stereocenters. The van der Waals surface area contributed by atoms with Gasteiger partial charge in [-0.25, -0.2) is 9.37 Å². The van der Waals surface area contributed by atoms with Gasteiger partial charge in [0, 0.05) is 29.8 Å². The van der Waals surface area contributed by atoms with Crippen molar-refractivity contribution in [1.82, 2.24) is 4.98 Å². The fourth-order valence-electron chi connectivity index (χ4n) is 4.66. The van der Waals surface area contributed by atoms with Crippen LogP contribution in [0.3, 0.4) is 0 Å². The van der Waals surface area contributed by atoms with Crippen molar-refractivity contribution in [1.29, 1.82) is 0 Å². The first kappa shape index (κ1) is 26.1. The Bertz CT molecular complexity index is 1190. The van der Waals surface area contributed by atoms with Crippen LogP contribution in [0.4, 0.5) is 4.39 Å². The van der Waals surface area contributed by atoms with Crippen LogP contribution in [0.5, 0.6) is 11.6 Å². The van der Waals surface area contributed by atoms with Gasteiger partial charge >= 0.3 is 0 Å². The number of pyridine rings is 1. The van der Waals surface area contributed by atoms with E-state index < -0.39 is 5.60 Å². The molecule has 2 aromatic carbocycles. The third kappa shape index (κ3) is 6.05. The van der Waals surface area contributed by atoms with Crippen LogP contribution in [0, 0.1) is 18.7 Å². The second-order valence-electron chi connectivity index (χ2n) is 9.69. The quantitative estimate of drug-likeness (QED) is 0.413. The molecule has 0 saturated carbocycles. The Morgan fingerprint density at radius 1 is 1.06 bits per heavy atom. The highest BCUT2D eigenvalue weighted by atomic mass is 19.1. The smallest absolute Gasteiger partial charge is 0.213 e. The molecule has 2 aliphatic rings. The van der Waals surface area contributed by atoms with Gasteiger partial charge < -0.3 is 19.3 Å². The highest BCUT2D eigenvalue weighted by Crippen LogP contribution is 2.31. The molecule has 1 unspecified atom stereocenters. The fraction of sp³-hybridized carbons (Fsp3) is 0.433. The number of benzene rings is 2. The molecule has 192 valence electrons. The van der Waals surface area contributed by atoms with Crippen LogP contribution in [0.25, 0.3) is 11.1 Å². The summed E-state index contributed by atoms with van der Waals surface area (Å²) in [4.78, 5) is 4.40. The van der Waals surface area contributed by atoms with Crippen molar-refractivity contribution in [2.24, 2.45) is 5.92 Å². The average molecular weight is 494 g/mol. The van der Waals surface area contributed by atoms with Crippen molar-refractivity contribution in [2.75, 3.05) is 19.8 Å². The number of hydrogen-bond acceptors (Lipinski definition) is 5. The maximum Gasteiger partial charge on any atom is 0.213 e. The molecule has 1 fully saturated rings. The second kappa shape index (κ2) is 11.4. The van der Waals surface area contributed by atoms with Gasteiger partial charge in [-0.15, -0.1) is 0 Å². The van der Waals surface area contributed by atoms with Crippen LogP contribution in [-0.4, -0.2) is 35.5 Å². The van der Waals surface area contributed by atoms with Crippen LogP contribution >= 0.6 is 0 Å². The number of nitrogens with zero attached hydrogens (tertiary/aromatic N) is 1. The predicted molar refractivity (Wildman–Crippen MR) is 139 cm³/mol. The highest BCUT2D eigenvalue weighted by molar-refractivity contribution is 5.67. The lowest BCUT2D eigenvalue weighted by molar-refractivity contribution is -0.184. The van der Waals surface area contributed by atoms with Crippen molar-refractivity contribution >= 4 is 0 Å². The first-order valence-electron chi connectivity index (χ1n) is 12.8. The number of fused-ring (bicyclic) bond motifs is 1. The molecule has 6 heteroatoms. The van der Waals surface area contributed by atoms with Gasteiger partial charge in [0.1, 0.15) is 23.8 Å². The topological polar surface area (TPSA) is 60.8 Å². The molecule has 0 bridgehead atoms. The summed E-state index contributed by atoms with van der Waals surface area (Å²) in [6, 6.07) is 13.1. The van der Waals surface area contributed by atoms with Gasteiger partial charge in [-0.05, 0) is 72.2 Å². The Kier molecular flexibility index (Phi) is 8.27. The van der Waals surface area contributed by atoms with E-state index in [0.29, 0.717) is 43.6 Å². The van der Waals surface area contributed by atoms with E-state index in [9.17, 15) is 9.50 Å². The average Bonchev–Trinajstić information content (AvgIpc) is 3.23. The minimum absolute atomic E-state index is 0.161. The summed E-state index contributed by atoms with van der Waals surface area (Å²) in [7, 11) is 0. The molecule has 1 aliphatic heterocycles. The predicted octanol–water partition coefficient (Wildman–Crippen LogP) is 6.07. The summed E-state index contributed by atoms with van der Waals surface area (Å²) >= 11 is 0. The van der Waals surface area contributed by atoms with Crippen LogP contribution in [0.1, 0.15) is 49.4 Å². The lowest BCUT2D eigenvalue weighted by Gasteiger charge is -2.36. The van der Waals surface area contributed by atoms with Crippen LogP contribution in [0.15, 0.2) is 48.7 Å². The molecule has 1 N–H and O–H groups in total. The molecular weight excluding hydrogens is 457 g/mol. The third-order valence-electron chi connectivity index (χ3n) is 6.71. The maximum atomic E-state index is 14.5. The van der Waals surface area contributed by atoms with Crippen LogP contribution in [-0.2, 0) is 24.2 Å². The van der Waals surface area contributed by atoms with E-state index in [0.717, 1.165) is 35.3 Å². The van der Waals surface area contributed by atoms with Gasteiger partial charge in [-0.3, -0.25) is 0 Å². The lowest BCUT2D eigenvalue weighted by atomic mass is 9.99. The monoisotopic (exact) mass is 493 g/mol. The van der Waals surface area contributed by atoms with Crippen LogP contribution < -0.4 is 9.47 Å². The number of aromatic nitrogens is 1. The Balaban J connectivity index is 0.00000148. The van der Waals surface area contributed by atoms with Gasteiger partial charge in [-0.2, -0.15) is 0 Å². The number of aryl methyl sites for hydroxylation is 1. The zero-order valence-electron chi connectivity index (χ0n) is 21.6. The van der Waals surface area contributed by atoms with E-state index in [1.54, 1.807) is 12.3 Å². The SMILES string of the molecule is CC.Cc1cc(OCCC2(O)COC2)ncc1-c1ccc(F)c(COc2ccc3c(c2)CC(C)C3)c1. The van der Waals surface area contributed by atoms with E-state index >= 15 is 0 Å². The summed E-state index contributed by atoms with van der Waals surface area (Å²) < 4.78 is 31.3. The maximum absolute atomic E-state index is 14.5. The van der Waals surface area contributed by atoms with Crippen molar-refractivity contribution in [2.45, 2.75) is 59.2 Å². The number of halogens is 1. The molecule has 0 spiro atoms. The molecule has 36 heavy (non-hydrogen) atoms. The third-order valence-corrected chi connectivity index (χ3v) is 6.71. The normalized spacial score (nSPS) is 17.4. The second-order valence-corrected chi connectivity index (χ2v) is 9.69. The molecule has 5 rings (SSSR count). The van der Waals surface area contributed by atoms with Gasteiger partial charge in [-0.1, -0.05) is 32.9 Å². The zero-order chi connectivity index (χ0) is 25.7. The van der Waals surface area contributed by atoms with Crippen molar-refractivity contribution in [3.8, 4) is 22.8 Å². The largest absolute Gasteiger partial charge is 0.489 e. The zero-order valence-corrected chi connectivity index (χ0v) is 21.6. The Hall–Kier alpha value is -2.96. The highest BCUT2D eigenvalue weighted by Gasteiger charge is 2.35. The molecule has 2 heterocycles. The molecule has 0 amide bonds. The Morgan fingerprint density at radius 2 is 1.83 bits per heavy atom. The summed E-state index contributed by atoms with van der Waals surface area (Å²) in [5.74, 6) is 1.65. The Morgan fingerprint density at radius 3 is 2.56 bits per heavy atom. The molecule has 1 aliphatic carbocycles. The number of hydrogen-bond donors (Lipinski definition) is 1. The first-order chi connectivity index (χ1) is 17.4. The molecule has 1 saturated heterocycles. The molecule has 5 nitrogen and oxygen atoms in total. The minimum Gasteiger partial charge on any atom is -0.489 e. The van der Waals surface area contributed by atoms with E-state index in [-0.39, 0.29) is 12.4 Å². The number of aliphatic hydroxyl groups is 1. The lowest BCUT2D eigenvalue weighted by Crippen LogP contribution is -2.50. The molecule has 3 aromatic rings. The summed E-state index contributed by atoms with van der Waals surface area (Å²) in [6.45, 7) is 9.46. The standard InChI is InChI=1S/C28H30FNO4.C2H6/c1-18-9-20-3-5-24(13-22(20)10-18)34-15-23-12-21(4-6-26(23)29)25-14-30-27(11-19(25)2)33-8-7-28(31)16-32-17-28;1-2/h3-6,11-14,18,31H,7-10,15-17H2,1-2H3;1-2H3. The van der Waals surface area contributed by atoms with E-state index in [4.69, 9.17) is 14.2 Å². The Labute approximate surface area is 213 Å². The van der Waals surface area contributed by atoms with E-state index in [2.05, 4.69) is 24.0 Å².